The summed E-state index contributed by atoms with van der Waals surface area (Å²) in [6, 6.07) is -2.76. The van der Waals surface area contributed by atoms with Crippen molar-refractivity contribution in [3.63, 3.8) is 0 Å². The Kier molecular flexibility index (Phi) is 5.24. The number of carboxylic acids is 1. The van der Waals surface area contributed by atoms with Gasteiger partial charge in [-0.1, -0.05) is 13.8 Å². The average Bonchev–Trinajstić information content (AvgIpc) is 2.33. The summed E-state index contributed by atoms with van der Waals surface area (Å²) in [5.41, 5.74) is 0. The van der Waals surface area contributed by atoms with Crippen molar-refractivity contribution in [1.29, 1.82) is 0 Å². The van der Waals surface area contributed by atoms with E-state index in [2.05, 4.69) is 0 Å². The Balaban J connectivity index is 2.68. The van der Waals surface area contributed by atoms with Crippen LogP contribution in [0.1, 0.15) is 26.7 Å². The zero-order chi connectivity index (χ0) is 15.5. The Labute approximate surface area is 115 Å². The topological polar surface area (TPSA) is 69.6 Å². The lowest BCUT2D eigenvalue weighted by molar-refractivity contribution is -0.154. The van der Waals surface area contributed by atoms with E-state index in [0.29, 0.717) is 6.42 Å². The molecule has 0 spiro atoms. The van der Waals surface area contributed by atoms with Crippen LogP contribution >= 0.6 is 0 Å². The number of carbonyl (C=O) groups excluding carboxylic acids is 1. The van der Waals surface area contributed by atoms with Gasteiger partial charge in [-0.25, -0.2) is 4.79 Å². The minimum Gasteiger partial charge on any atom is -0.481 e. The van der Waals surface area contributed by atoms with Gasteiger partial charge in [-0.3, -0.25) is 4.79 Å². The Morgan fingerprint density at radius 1 is 1.40 bits per heavy atom. The minimum atomic E-state index is -4.50. The summed E-state index contributed by atoms with van der Waals surface area (Å²) in [7, 11) is 0. The molecule has 1 rings (SSSR count). The van der Waals surface area contributed by atoms with E-state index in [1.54, 1.807) is 6.92 Å². The molecule has 0 saturated carbocycles. The van der Waals surface area contributed by atoms with E-state index in [-0.39, 0.29) is 25.4 Å². The van der Waals surface area contributed by atoms with Crippen molar-refractivity contribution < 1.29 is 27.9 Å². The maximum atomic E-state index is 12.6. The number of urea groups is 1. The predicted molar refractivity (Wildman–Crippen MR) is 65.1 cm³/mol. The fourth-order valence-corrected chi connectivity index (χ4v) is 2.35. The number of rotatable bonds is 3. The fraction of sp³-hybridized carbons (Fsp3) is 0.833. The maximum absolute atomic E-state index is 12.6. The molecule has 2 unspecified atom stereocenters. The quantitative estimate of drug-likeness (QED) is 0.837. The third-order valence-electron chi connectivity index (χ3n) is 3.40. The largest absolute Gasteiger partial charge is 0.481 e. The molecule has 5 nitrogen and oxygen atoms in total. The molecule has 2 N–H and O–H groups in total. The first-order chi connectivity index (χ1) is 9.15. The molecule has 1 saturated heterocycles. The molecule has 3 atom stereocenters. The minimum absolute atomic E-state index is 0.0541. The number of aliphatic carboxylic acids is 1. The molecule has 0 aromatic heterocycles. The summed E-state index contributed by atoms with van der Waals surface area (Å²) in [4.78, 5) is 24.0. The van der Waals surface area contributed by atoms with E-state index in [9.17, 15) is 22.8 Å². The lowest BCUT2D eigenvalue weighted by atomic mass is 9.91. The molecule has 1 aliphatic rings. The number of amides is 2. The molecule has 0 aliphatic carbocycles. The van der Waals surface area contributed by atoms with Crippen LogP contribution in [0.15, 0.2) is 0 Å². The summed E-state index contributed by atoms with van der Waals surface area (Å²) >= 11 is 0. The van der Waals surface area contributed by atoms with Gasteiger partial charge in [-0.05, 0) is 18.8 Å². The number of likely N-dealkylation sites (tertiary alicyclic amines) is 1. The highest BCUT2D eigenvalue weighted by molar-refractivity contribution is 5.77. The summed E-state index contributed by atoms with van der Waals surface area (Å²) in [5.74, 6) is -1.81. The molecule has 0 bridgehead atoms. The standard InChI is InChI=1S/C12H19F3N2O3/c1-3-9(12(13,14)15)16-11(20)17-5-7(2)4-8(6-17)10(18)19/h7-9H,3-6H2,1-2H3,(H,16,20)(H,18,19)/t7?,8?,9-/m0/s1. The second kappa shape index (κ2) is 6.32. The van der Waals surface area contributed by atoms with E-state index in [0.717, 1.165) is 4.90 Å². The molecular formula is C12H19F3N2O3. The smallest absolute Gasteiger partial charge is 0.408 e. The number of alkyl halides is 3. The van der Waals surface area contributed by atoms with Gasteiger partial charge in [0.05, 0.1) is 5.92 Å². The number of halogens is 3. The zero-order valence-electron chi connectivity index (χ0n) is 11.4. The number of hydrogen-bond acceptors (Lipinski definition) is 2. The Hall–Kier alpha value is -1.47. The molecule has 8 heteroatoms. The highest BCUT2D eigenvalue weighted by Crippen LogP contribution is 2.24. The second-order valence-electron chi connectivity index (χ2n) is 5.23. The van der Waals surface area contributed by atoms with Gasteiger partial charge in [-0.2, -0.15) is 13.2 Å². The number of nitrogens with zero attached hydrogens (tertiary/aromatic N) is 1. The average molecular weight is 296 g/mol. The molecule has 2 amide bonds. The Morgan fingerprint density at radius 2 is 2.00 bits per heavy atom. The van der Waals surface area contributed by atoms with Gasteiger partial charge in [0.2, 0.25) is 0 Å². The number of hydrogen-bond donors (Lipinski definition) is 2. The van der Waals surface area contributed by atoms with Crippen LogP contribution in [0.3, 0.4) is 0 Å². The Morgan fingerprint density at radius 3 is 2.45 bits per heavy atom. The van der Waals surface area contributed by atoms with Crippen LogP contribution in [0.2, 0.25) is 0 Å². The SMILES string of the molecule is CC[C@H](NC(=O)N1CC(C)CC(C(=O)O)C1)C(F)(F)F. The molecule has 1 heterocycles. The van der Waals surface area contributed by atoms with Gasteiger partial charge in [0.1, 0.15) is 6.04 Å². The number of piperidine rings is 1. The number of carbonyl (C=O) groups is 2. The van der Waals surface area contributed by atoms with Crippen molar-refractivity contribution in [2.75, 3.05) is 13.1 Å². The first-order valence-electron chi connectivity index (χ1n) is 6.50. The van der Waals surface area contributed by atoms with E-state index in [4.69, 9.17) is 5.11 Å². The maximum Gasteiger partial charge on any atom is 0.408 e. The van der Waals surface area contributed by atoms with Crippen LogP contribution in [-0.2, 0) is 4.79 Å². The van der Waals surface area contributed by atoms with Crippen molar-refractivity contribution in [3.8, 4) is 0 Å². The van der Waals surface area contributed by atoms with Crippen LogP contribution in [0.25, 0.3) is 0 Å². The van der Waals surface area contributed by atoms with Crippen LogP contribution in [0.4, 0.5) is 18.0 Å². The summed E-state index contributed by atoms with van der Waals surface area (Å²) < 4.78 is 37.8. The molecule has 116 valence electrons. The Bertz CT molecular complexity index is 373. The van der Waals surface area contributed by atoms with Gasteiger partial charge in [-0.15, -0.1) is 0 Å². The first-order valence-corrected chi connectivity index (χ1v) is 6.50. The van der Waals surface area contributed by atoms with Gasteiger partial charge in [0.25, 0.3) is 0 Å². The molecule has 0 aromatic rings. The van der Waals surface area contributed by atoms with E-state index < -0.39 is 30.1 Å². The molecular weight excluding hydrogens is 277 g/mol. The first kappa shape index (κ1) is 16.6. The molecule has 0 aromatic carbocycles. The van der Waals surface area contributed by atoms with Crippen molar-refractivity contribution in [2.24, 2.45) is 11.8 Å². The van der Waals surface area contributed by atoms with Crippen molar-refractivity contribution >= 4 is 12.0 Å². The summed E-state index contributed by atoms with van der Waals surface area (Å²) in [5, 5.41) is 10.9. The lowest BCUT2D eigenvalue weighted by Gasteiger charge is -2.35. The molecule has 1 fully saturated rings. The second-order valence-corrected chi connectivity index (χ2v) is 5.23. The fourth-order valence-electron chi connectivity index (χ4n) is 2.35. The van der Waals surface area contributed by atoms with Crippen LogP contribution in [0, 0.1) is 11.8 Å². The third kappa shape index (κ3) is 4.28. The lowest BCUT2D eigenvalue weighted by Crippen LogP contribution is -2.54. The number of carboxylic acid groups (broad SMARTS) is 1. The zero-order valence-corrected chi connectivity index (χ0v) is 11.4. The molecule has 1 aliphatic heterocycles. The van der Waals surface area contributed by atoms with Crippen molar-refractivity contribution in [1.82, 2.24) is 10.2 Å². The monoisotopic (exact) mass is 296 g/mol. The van der Waals surface area contributed by atoms with Crippen LogP contribution in [0.5, 0.6) is 0 Å². The van der Waals surface area contributed by atoms with Crippen LogP contribution < -0.4 is 5.32 Å². The van der Waals surface area contributed by atoms with Gasteiger partial charge < -0.3 is 15.3 Å². The molecule has 0 radical (unpaired) electrons. The van der Waals surface area contributed by atoms with E-state index >= 15 is 0 Å². The van der Waals surface area contributed by atoms with Crippen molar-refractivity contribution in [2.45, 2.75) is 38.9 Å². The van der Waals surface area contributed by atoms with Crippen LogP contribution in [-0.4, -0.2) is 47.3 Å². The normalized spacial score (nSPS) is 25.1. The summed E-state index contributed by atoms with van der Waals surface area (Å²) in [6.45, 7) is 3.32. The number of nitrogens with one attached hydrogen (secondary N) is 1. The molecule has 20 heavy (non-hydrogen) atoms. The van der Waals surface area contributed by atoms with Crippen molar-refractivity contribution in [3.05, 3.63) is 0 Å². The highest BCUT2D eigenvalue weighted by atomic mass is 19.4. The third-order valence-corrected chi connectivity index (χ3v) is 3.40. The van der Waals surface area contributed by atoms with E-state index in [1.807, 2.05) is 5.32 Å². The van der Waals surface area contributed by atoms with Gasteiger partial charge >= 0.3 is 18.2 Å². The van der Waals surface area contributed by atoms with E-state index in [1.165, 1.54) is 6.92 Å². The predicted octanol–water partition coefficient (Wildman–Crippen LogP) is 2.08. The highest BCUT2D eigenvalue weighted by Gasteiger charge is 2.41. The summed E-state index contributed by atoms with van der Waals surface area (Å²) in [6.07, 6.45) is -4.34. The van der Waals surface area contributed by atoms with Gasteiger partial charge in [0, 0.05) is 13.1 Å². The van der Waals surface area contributed by atoms with Gasteiger partial charge in [0.15, 0.2) is 0 Å².